The molecular weight excluding hydrogens is 234 g/mol. The number of nitrogens with zero attached hydrogens (tertiary/aromatic N) is 2. The molecule has 1 saturated carbocycles. The zero-order chi connectivity index (χ0) is 14.1. The highest BCUT2D eigenvalue weighted by atomic mass is 15.0. The van der Waals surface area contributed by atoms with Crippen LogP contribution in [0.1, 0.15) is 52.5 Å². The van der Waals surface area contributed by atoms with E-state index in [1.165, 1.54) is 6.42 Å². The van der Waals surface area contributed by atoms with Crippen LogP contribution in [-0.4, -0.2) is 11.0 Å². The van der Waals surface area contributed by atoms with Crippen molar-refractivity contribution in [2.75, 3.05) is 5.32 Å². The van der Waals surface area contributed by atoms with E-state index in [9.17, 15) is 0 Å². The Balaban J connectivity index is 2.07. The molecule has 1 aromatic heterocycles. The number of hydrogen-bond donors (Lipinski definition) is 1. The third-order valence-corrected chi connectivity index (χ3v) is 3.80. The van der Waals surface area contributed by atoms with Crippen molar-refractivity contribution in [3.05, 3.63) is 23.9 Å². The van der Waals surface area contributed by atoms with Gasteiger partial charge in [-0.05, 0) is 42.2 Å². The Morgan fingerprint density at radius 1 is 1.21 bits per heavy atom. The van der Waals surface area contributed by atoms with Gasteiger partial charge in [-0.3, -0.25) is 0 Å². The van der Waals surface area contributed by atoms with Crippen molar-refractivity contribution in [1.82, 2.24) is 4.98 Å². The minimum absolute atomic E-state index is 0.367. The highest BCUT2D eigenvalue weighted by Gasteiger charge is 2.38. The number of nitriles is 1. The van der Waals surface area contributed by atoms with Gasteiger partial charge in [0.05, 0.1) is 5.56 Å². The van der Waals surface area contributed by atoms with Crippen LogP contribution in [0.2, 0.25) is 0 Å². The Morgan fingerprint density at radius 3 is 2.32 bits per heavy atom. The van der Waals surface area contributed by atoms with Gasteiger partial charge in [-0.25, -0.2) is 4.98 Å². The predicted octanol–water partition coefficient (Wildman–Crippen LogP) is 3.97. The van der Waals surface area contributed by atoms with Crippen LogP contribution in [0.4, 0.5) is 5.82 Å². The molecule has 1 aromatic rings. The maximum atomic E-state index is 8.78. The van der Waals surface area contributed by atoms with Crippen LogP contribution >= 0.6 is 0 Å². The first-order valence-electron chi connectivity index (χ1n) is 6.92. The smallest absolute Gasteiger partial charge is 0.126 e. The highest BCUT2D eigenvalue weighted by Crippen LogP contribution is 2.46. The molecule has 0 aliphatic heterocycles. The van der Waals surface area contributed by atoms with Crippen LogP contribution in [0, 0.1) is 22.2 Å². The summed E-state index contributed by atoms with van der Waals surface area (Å²) in [5.41, 5.74) is 1.34. The molecule has 1 N–H and O–H groups in total. The third-order valence-electron chi connectivity index (χ3n) is 3.80. The minimum atomic E-state index is 0.367. The van der Waals surface area contributed by atoms with Crippen LogP contribution in [0.15, 0.2) is 18.3 Å². The lowest BCUT2D eigenvalue weighted by Crippen LogP contribution is -2.40. The van der Waals surface area contributed by atoms with Crippen molar-refractivity contribution < 1.29 is 0 Å². The van der Waals surface area contributed by atoms with Crippen molar-refractivity contribution in [3.63, 3.8) is 0 Å². The predicted molar refractivity (Wildman–Crippen MR) is 77.8 cm³/mol. The Hall–Kier alpha value is -1.56. The number of rotatable bonds is 2. The lowest BCUT2D eigenvalue weighted by atomic mass is 9.63. The molecule has 2 rings (SSSR count). The van der Waals surface area contributed by atoms with Crippen molar-refractivity contribution >= 4 is 5.82 Å². The van der Waals surface area contributed by atoms with Gasteiger partial charge < -0.3 is 5.32 Å². The van der Waals surface area contributed by atoms with Crippen molar-refractivity contribution in [1.29, 1.82) is 5.26 Å². The van der Waals surface area contributed by atoms with E-state index in [-0.39, 0.29) is 0 Å². The molecule has 0 saturated heterocycles. The van der Waals surface area contributed by atoms with Crippen LogP contribution < -0.4 is 5.32 Å². The van der Waals surface area contributed by atoms with E-state index in [2.05, 4.69) is 44.1 Å². The Kier molecular flexibility index (Phi) is 3.54. The summed E-state index contributed by atoms with van der Waals surface area (Å²) in [5, 5.41) is 12.3. The van der Waals surface area contributed by atoms with E-state index in [0.717, 1.165) is 18.7 Å². The average Bonchev–Trinajstić information content (AvgIpc) is 2.25. The summed E-state index contributed by atoms with van der Waals surface area (Å²) in [5.74, 6) is 0.873. The standard InChI is InChI=1S/C16H23N3/c1-15(2)7-13(8-16(3,4)11-15)19-14-6-5-12(9-17)10-18-14/h5-6,10,13H,7-8,11H2,1-4H3,(H,18,19). The molecule has 1 fully saturated rings. The molecule has 19 heavy (non-hydrogen) atoms. The summed E-state index contributed by atoms with van der Waals surface area (Å²) >= 11 is 0. The maximum Gasteiger partial charge on any atom is 0.126 e. The number of nitrogens with one attached hydrogen (secondary N) is 1. The van der Waals surface area contributed by atoms with Gasteiger partial charge in [-0.2, -0.15) is 5.26 Å². The van der Waals surface area contributed by atoms with Crippen molar-refractivity contribution in [3.8, 4) is 6.07 Å². The molecule has 0 spiro atoms. The molecular formula is C16H23N3. The molecule has 0 atom stereocenters. The topological polar surface area (TPSA) is 48.7 Å². The van der Waals surface area contributed by atoms with Crippen LogP contribution in [0.5, 0.6) is 0 Å². The van der Waals surface area contributed by atoms with Gasteiger partial charge in [0, 0.05) is 12.2 Å². The fraction of sp³-hybridized carbons (Fsp3) is 0.625. The van der Waals surface area contributed by atoms with Gasteiger partial charge >= 0.3 is 0 Å². The molecule has 0 amide bonds. The Morgan fingerprint density at radius 2 is 1.84 bits per heavy atom. The second-order valence-corrected chi connectivity index (χ2v) is 7.30. The fourth-order valence-electron chi connectivity index (χ4n) is 3.70. The molecule has 3 heteroatoms. The van der Waals surface area contributed by atoms with Crippen molar-refractivity contribution in [2.45, 2.75) is 53.0 Å². The molecule has 1 aliphatic carbocycles. The molecule has 0 aromatic carbocycles. The molecule has 0 bridgehead atoms. The summed E-state index contributed by atoms with van der Waals surface area (Å²) in [7, 11) is 0. The van der Waals surface area contributed by atoms with Gasteiger partial charge in [-0.15, -0.1) is 0 Å². The summed E-state index contributed by atoms with van der Waals surface area (Å²) < 4.78 is 0. The number of hydrogen-bond acceptors (Lipinski definition) is 3. The van der Waals surface area contributed by atoms with Gasteiger partial charge in [0.15, 0.2) is 0 Å². The van der Waals surface area contributed by atoms with Gasteiger partial charge in [0.1, 0.15) is 11.9 Å². The maximum absolute atomic E-state index is 8.78. The second kappa shape index (κ2) is 4.85. The first kappa shape index (κ1) is 13.9. The van der Waals surface area contributed by atoms with Gasteiger partial charge in [-0.1, -0.05) is 27.7 Å². The van der Waals surface area contributed by atoms with Crippen molar-refractivity contribution in [2.24, 2.45) is 10.8 Å². The summed E-state index contributed by atoms with van der Waals surface area (Å²) in [4.78, 5) is 4.31. The van der Waals surface area contributed by atoms with E-state index in [1.807, 2.05) is 12.1 Å². The molecule has 3 nitrogen and oxygen atoms in total. The largest absolute Gasteiger partial charge is 0.367 e. The molecule has 1 aliphatic rings. The van der Waals surface area contributed by atoms with Gasteiger partial charge in [0.2, 0.25) is 0 Å². The zero-order valence-electron chi connectivity index (χ0n) is 12.3. The SMILES string of the molecule is CC1(C)CC(Nc2ccc(C#N)cn2)CC(C)(C)C1. The fourth-order valence-corrected chi connectivity index (χ4v) is 3.70. The van der Waals surface area contributed by atoms with E-state index < -0.39 is 0 Å². The summed E-state index contributed by atoms with van der Waals surface area (Å²) in [6, 6.07) is 6.26. The zero-order valence-corrected chi connectivity index (χ0v) is 12.3. The first-order valence-corrected chi connectivity index (χ1v) is 6.92. The second-order valence-electron chi connectivity index (χ2n) is 7.30. The summed E-state index contributed by atoms with van der Waals surface area (Å²) in [6.07, 6.45) is 5.22. The molecule has 102 valence electrons. The third kappa shape index (κ3) is 3.70. The molecule has 0 unspecified atom stereocenters. The number of anilines is 1. The quantitative estimate of drug-likeness (QED) is 0.872. The van der Waals surface area contributed by atoms with Crippen LogP contribution in [0.25, 0.3) is 0 Å². The lowest BCUT2D eigenvalue weighted by Gasteiger charge is -2.45. The monoisotopic (exact) mass is 257 g/mol. The van der Waals surface area contributed by atoms with E-state index in [1.54, 1.807) is 6.20 Å². The van der Waals surface area contributed by atoms with E-state index in [4.69, 9.17) is 5.26 Å². The highest BCUT2D eigenvalue weighted by molar-refractivity contribution is 5.40. The number of pyridine rings is 1. The Bertz CT molecular complexity index is 464. The number of aromatic nitrogens is 1. The van der Waals surface area contributed by atoms with E-state index >= 15 is 0 Å². The lowest BCUT2D eigenvalue weighted by molar-refractivity contribution is 0.105. The van der Waals surface area contributed by atoms with Crippen LogP contribution in [0.3, 0.4) is 0 Å². The minimum Gasteiger partial charge on any atom is -0.367 e. The van der Waals surface area contributed by atoms with Gasteiger partial charge in [0.25, 0.3) is 0 Å². The Labute approximate surface area is 116 Å². The van der Waals surface area contributed by atoms with Crippen LogP contribution in [-0.2, 0) is 0 Å². The average molecular weight is 257 g/mol. The van der Waals surface area contributed by atoms with E-state index in [0.29, 0.717) is 22.4 Å². The summed E-state index contributed by atoms with van der Waals surface area (Å²) in [6.45, 7) is 9.37. The first-order chi connectivity index (χ1) is 8.80. The normalized spacial score (nSPS) is 21.6. The molecule has 1 heterocycles. The molecule has 0 radical (unpaired) electrons.